The van der Waals surface area contributed by atoms with Crippen LogP contribution in [0.25, 0.3) is 0 Å². The highest BCUT2D eigenvalue weighted by Crippen LogP contribution is 2.19. The van der Waals surface area contributed by atoms with Crippen LogP contribution < -0.4 is 4.72 Å². The standard InChI is InChI=1S/C17H25N3O4S/c1-13-11-19(12-16-3-2-10-24-16)8-9-20(13)17(21)14-4-6-15(7-5-14)18-25(22)23/h4-7,13,16,18H,2-3,8-12H2,1H3,(H,22,23)/p-1/t13-,16+/m1/s1. The van der Waals surface area contributed by atoms with Crippen molar-refractivity contribution in [1.82, 2.24) is 9.80 Å². The molecule has 2 fully saturated rings. The summed E-state index contributed by atoms with van der Waals surface area (Å²) in [7, 11) is 0. The fraction of sp³-hybridized carbons (Fsp3) is 0.588. The summed E-state index contributed by atoms with van der Waals surface area (Å²) >= 11 is -2.36. The molecule has 0 aromatic heterocycles. The van der Waals surface area contributed by atoms with E-state index >= 15 is 0 Å². The zero-order valence-electron chi connectivity index (χ0n) is 14.3. The van der Waals surface area contributed by atoms with Gasteiger partial charge in [-0.25, -0.2) is 0 Å². The number of hydrogen-bond donors (Lipinski definition) is 1. The van der Waals surface area contributed by atoms with Crippen molar-refractivity contribution in [3.8, 4) is 0 Å². The lowest BCUT2D eigenvalue weighted by Crippen LogP contribution is -2.55. The van der Waals surface area contributed by atoms with Gasteiger partial charge < -0.3 is 18.9 Å². The third-order valence-electron chi connectivity index (χ3n) is 4.79. The van der Waals surface area contributed by atoms with E-state index in [1.165, 1.54) is 0 Å². The second-order valence-corrected chi connectivity index (χ2v) is 7.33. The fourth-order valence-corrected chi connectivity index (χ4v) is 3.85. The normalized spacial score (nSPS) is 25.8. The average molecular weight is 366 g/mol. The predicted molar refractivity (Wildman–Crippen MR) is 94.9 cm³/mol. The molecule has 2 saturated heterocycles. The number of benzene rings is 1. The van der Waals surface area contributed by atoms with Crippen molar-refractivity contribution in [2.75, 3.05) is 37.5 Å². The van der Waals surface area contributed by atoms with E-state index in [4.69, 9.17) is 4.74 Å². The van der Waals surface area contributed by atoms with E-state index in [1.54, 1.807) is 24.3 Å². The number of carbonyl (C=O) groups is 1. The number of hydrogen-bond acceptors (Lipinski definition) is 5. The first-order valence-corrected chi connectivity index (χ1v) is 9.71. The van der Waals surface area contributed by atoms with Crippen LogP contribution >= 0.6 is 0 Å². The molecular formula is C17H24N3O4S-. The molecule has 138 valence electrons. The van der Waals surface area contributed by atoms with Gasteiger partial charge in [0.25, 0.3) is 5.91 Å². The maximum Gasteiger partial charge on any atom is 0.254 e. The molecule has 0 saturated carbocycles. The lowest BCUT2D eigenvalue weighted by Gasteiger charge is -2.40. The van der Waals surface area contributed by atoms with Gasteiger partial charge in [0.1, 0.15) is 0 Å². The topological polar surface area (TPSA) is 84.9 Å². The largest absolute Gasteiger partial charge is 0.755 e. The Morgan fingerprint density at radius 1 is 1.36 bits per heavy atom. The van der Waals surface area contributed by atoms with E-state index in [1.807, 2.05) is 4.90 Å². The molecule has 2 heterocycles. The first-order valence-electron chi connectivity index (χ1n) is 8.64. The first kappa shape index (κ1) is 18.3. The fourth-order valence-electron chi connectivity index (χ4n) is 3.52. The van der Waals surface area contributed by atoms with Crippen molar-refractivity contribution in [2.24, 2.45) is 0 Å². The van der Waals surface area contributed by atoms with Crippen LogP contribution in [0.15, 0.2) is 24.3 Å². The molecule has 2 aliphatic rings. The Hall–Kier alpha value is -1.48. The SMILES string of the molecule is C[C@@H]1CN(C[C@@H]2CCCO2)CCN1C(=O)c1ccc(NS(=O)[O-])cc1. The van der Waals surface area contributed by atoms with Gasteiger partial charge in [-0.05, 0) is 44.0 Å². The highest BCUT2D eigenvalue weighted by atomic mass is 32.2. The van der Waals surface area contributed by atoms with Crippen LogP contribution in [0, 0.1) is 0 Å². The van der Waals surface area contributed by atoms with Crippen molar-refractivity contribution in [2.45, 2.75) is 31.9 Å². The molecule has 3 rings (SSSR count). The van der Waals surface area contributed by atoms with Crippen LogP contribution in [0.2, 0.25) is 0 Å². The molecule has 25 heavy (non-hydrogen) atoms. The van der Waals surface area contributed by atoms with Crippen molar-refractivity contribution in [3.63, 3.8) is 0 Å². The van der Waals surface area contributed by atoms with Crippen molar-refractivity contribution in [1.29, 1.82) is 0 Å². The number of nitrogens with zero attached hydrogens (tertiary/aromatic N) is 2. The molecule has 8 heteroatoms. The zero-order chi connectivity index (χ0) is 17.8. The van der Waals surface area contributed by atoms with Crippen molar-refractivity contribution >= 4 is 22.9 Å². The van der Waals surface area contributed by atoms with Gasteiger partial charge in [-0.2, -0.15) is 0 Å². The van der Waals surface area contributed by atoms with Gasteiger partial charge in [0, 0.05) is 61.3 Å². The Bertz CT molecular complexity index is 619. The van der Waals surface area contributed by atoms with E-state index in [2.05, 4.69) is 16.5 Å². The molecule has 3 atom stereocenters. The second kappa shape index (κ2) is 8.27. The molecule has 2 aliphatic heterocycles. The van der Waals surface area contributed by atoms with E-state index in [9.17, 15) is 13.6 Å². The third kappa shape index (κ3) is 4.78. The summed E-state index contributed by atoms with van der Waals surface area (Å²) in [4.78, 5) is 17.0. The predicted octanol–water partition coefficient (Wildman–Crippen LogP) is 1.22. The number of rotatable bonds is 5. The van der Waals surface area contributed by atoms with Crippen LogP contribution in [0.5, 0.6) is 0 Å². The summed E-state index contributed by atoms with van der Waals surface area (Å²) in [5.74, 6) is -0.0148. The van der Waals surface area contributed by atoms with Crippen LogP contribution in [0.3, 0.4) is 0 Å². The smallest absolute Gasteiger partial charge is 0.254 e. The molecule has 1 aromatic rings. The van der Waals surface area contributed by atoms with E-state index < -0.39 is 11.3 Å². The minimum absolute atomic E-state index is 0.0148. The number of carbonyl (C=O) groups excluding carboxylic acids is 1. The molecule has 1 N–H and O–H groups in total. The Balaban J connectivity index is 1.56. The first-order chi connectivity index (χ1) is 12.0. The van der Waals surface area contributed by atoms with E-state index in [0.29, 0.717) is 23.9 Å². The molecule has 0 aliphatic carbocycles. The van der Waals surface area contributed by atoms with E-state index in [-0.39, 0.29) is 11.9 Å². The molecule has 7 nitrogen and oxygen atoms in total. The average Bonchev–Trinajstić information content (AvgIpc) is 3.07. The Morgan fingerprint density at radius 2 is 2.12 bits per heavy atom. The van der Waals surface area contributed by atoms with Crippen LogP contribution in [0.4, 0.5) is 5.69 Å². The van der Waals surface area contributed by atoms with Crippen LogP contribution in [-0.4, -0.2) is 69.4 Å². The maximum absolute atomic E-state index is 12.7. The van der Waals surface area contributed by atoms with E-state index in [0.717, 1.165) is 39.1 Å². The van der Waals surface area contributed by atoms with Gasteiger partial charge in [0.2, 0.25) is 0 Å². The monoisotopic (exact) mass is 366 g/mol. The molecule has 0 bridgehead atoms. The highest BCUT2D eigenvalue weighted by Gasteiger charge is 2.29. The molecule has 1 aromatic carbocycles. The molecular weight excluding hydrogens is 342 g/mol. The highest BCUT2D eigenvalue weighted by molar-refractivity contribution is 7.80. The van der Waals surface area contributed by atoms with Gasteiger partial charge in [0.15, 0.2) is 0 Å². The maximum atomic E-state index is 12.7. The lowest BCUT2D eigenvalue weighted by atomic mass is 10.1. The lowest BCUT2D eigenvalue weighted by molar-refractivity contribution is 0.0279. The second-order valence-electron chi connectivity index (χ2n) is 6.66. The molecule has 1 amide bonds. The summed E-state index contributed by atoms with van der Waals surface area (Å²) in [6.07, 6.45) is 2.60. The van der Waals surface area contributed by atoms with Crippen molar-refractivity contribution in [3.05, 3.63) is 29.8 Å². The summed E-state index contributed by atoms with van der Waals surface area (Å²) in [6, 6.07) is 6.64. The van der Waals surface area contributed by atoms with Gasteiger partial charge in [-0.1, -0.05) is 0 Å². The Labute approximate surface area is 150 Å². The summed E-state index contributed by atoms with van der Waals surface area (Å²) in [6.45, 7) is 6.26. The molecule has 0 spiro atoms. The number of nitrogens with one attached hydrogen (secondary N) is 1. The zero-order valence-corrected chi connectivity index (χ0v) is 15.2. The Kier molecular flexibility index (Phi) is 6.06. The van der Waals surface area contributed by atoms with Gasteiger partial charge in [-0.15, -0.1) is 0 Å². The van der Waals surface area contributed by atoms with Gasteiger partial charge >= 0.3 is 0 Å². The molecule has 0 radical (unpaired) electrons. The van der Waals surface area contributed by atoms with Crippen molar-refractivity contribution < 1.29 is 18.3 Å². The third-order valence-corrected chi connectivity index (χ3v) is 5.19. The summed E-state index contributed by atoms with van der Waals surface area (Å²) < 4.78 is 29.2. The summed E-state index contributed by atoms with van der Waals surface area (Å²) in [5, 5.41) is 0. The number of anilines is 1. The quantitative estimate of drug-likeness (QED) is 0.792. The summed E-state index contributed by atoms with van der Waals surface area (Å²) in [5.41, 5.74) is 1.01. The van der Waals surface area contributed by atoms with Crippen LogP contribution in [-0.2, 0) is 16.0 Å². The van der Waals surface area contributed by atoms with Gasteiger partial charge in [0.05, 0.1) is 6.10 Å². The minimum Gasteiger partial charge on any atom is -0.755 e. The molecule has 1 unspecified atom stereocenters. The number of amides is 1. The van der Waals surface area contributed by atoms with Gasteiger partial charge in [-0.3, -0.25) is 13.9 Å². The Morgan fingerprint density at radius 3 is 2.72 bits per heavy atom. The number of ether oxygens (including phenoxy) is 1. The van der Waals surface area contributed by atoms with Crippen LogP contribution in [0.1, 0.15) is 30.1 Å². The number of piperazine rings is 1. The minimum atomic E-state index is -2.36.